The lowest BCUT2D eigenvalue weighted by Gasteiger charge is -2.21. The summed E-state index contributed by atoms with van der Waals surface area (Å²) < 4.78 is 0. The van der Waals surface area contributed by atoms with E-state index >= 15 is 0 Å². The first-order valence-corrected chi connectivity index (χ1v) is 6.20. The molecule has 0 aromatic carbocycles. The van der Waals surface area contributed by atoms with Crippen molar-refractivity contribution >= 4 is 0 Å². The second-order valence-corrected chi connectivity index (χ2v) is 3.46. The van der Waals surface area contributed by atoms with Gasteiger partial charge in [-0.1, -0.05) is 34.1 Å². The van der Waals surface area contributed by atoms with Crippen molar-refractivity contribution in [1.82, 2.24) is 10.6 Å². The molecule has 1 aliphatic heterocycles. The monoisotopic (exact) mass is 202 g/mol. The number of hydrogen-bond acceptors (Lipinski definition) is 2. The highest BCUT2D eigenvalue weighted by Gasteiger charge is 2.10. The molecule has 0 atom stereocenters. The smallest absolute Gasteiger partial charge is 0.00226 e. The molecule has 0 spiro atoms. The summed E-state index contributed by atoms with van der Waals surface area (Å²) in [4.78, 5) is 0. The van der Waals surface area contributed by atoms with Crippen LogP contribution in [0.25, 0.3) is 0 Å². The van der Waals surface area contributed by atoms with E-state index in [2.05, 4.69) is 24.5 Å². The molecule has 0 saturated carbocycles. The molecule has 1 saturated heterocycles. The van der Waals surface area contributed by atoms with Crippen LogP contribution in [-0.2, 0) is 0 Å². The third-order valence-electron chi connectivity index (χ3n) is 1.95. The lowest BCUT2D eigenvalue weighted by Crippen LogP contribution is -2.32. The molecule has 0 bridgehead atoms. The summed E-state index contributed by atoms with van der Waals surface area (Å²) in [6.07, 6.45) is 3.95. The van der Waals surface area contributed by atoms with E-state index in [1.165, 1.54) is 38.9 Å². The van der Waals surface area contributed by atoms with Gasteiger partial charge in [-0.3, -0.25) is 0 Å². The van der Waals surface area contributed by atoms with Gasteiger partial charge in [0.1, 0.15) is 0 Å². The number of nitrogens with one attached hydrogen (secondary N) is 2. The molecule has 0 aliphatic carbocycles. The highest BCUT2D eigenvalue weighted by atomic mass is 14.9. The zero-order chi connectivity index (χ0) is 11.2. The maximum atomic E-state index is 3.35. The van der Waals surface area contributed by atoms with Crippen molar-refractivity contribution in [2.75, 3.05) is 26.7 Å². The second kappa shape index (κ2) is 15.4. The lowest BCUT2D eigenvalue weighted by atomic mass is 9.98. The van der Waals surface area contributed by atoms with Crippen molar-refractivity contribution in [2.24, 2.45) is 5.92 Å². The van der Waals surface area contributed by atoms with Crippen LogP contribution in [0.2, 0.25) is 0 Å². The van der Waals surface area contributed by atoms with Crippen LogP contribution in [0.5, 0.6) is 0 Å². The van der Waals surface area contributed by atoms with E-state index < -0.39 is 0 Å². The van der Waals surface area contributed by atoms with Crippen LogP contribution in [0.4, 0.5) is 0 Å². The maximum Gasteiger partial charge on any atom is -0.00226 e. The van der Waals surface area contributed by atoms with Crippen molar-refractivity contribution in [3.05, 3.63) is 0 Å². The van der Waals surface area contributed by atoms with Crippen LogP contribution in [0.3, 0.4) is 0 Å². The van der Waals surface area contributed by atoms with E-state index in [-0.39, 0.29) is 0 Å². The molecule has 0 amide bonds. The zero-order valence-electron chi connectivity index (χ0n) is 10.8. The first kappa shape index (κ1) is 16.4. The standard InChI is InChI=1S/C7H16N2.C3H8.C2H6/c1-8-6-7-2-4-9-5-3-7;1-3-2;1-2/h7-9H,2-6H2,1H3;3H2,1-2H3;1-2H3. The third kappa shape index (κ3) is 11.9. The first-order chi connectivity index (χ1) is 6.85. The highest BCUT2D eigenvalue weighted by molar-refractivity contribution is 4.69. The van der Waals surface area contributed by atoms with Crippen molar-refractivity contribution in [1.29, 1.82) is 0 Å². The van der Waals surface area contributed by atoms with E-state index in [9.17, 15) is 0 Å². The summed E-state index contributed by atoms with van der Waals surface area (Å²) >= 11 is 0. The molecular formula is C12H30N2. The third-order valence-corrected chi connectivity index (χ3v) is 1.95. The second-order valence-electron chi connectivity index (χ2n) is 3.46. The number of piperidine rings is 1. The summed E-state index contributed by atoms with van der Waals surface area (Å²) in [5.41, 5.74) is 0. The van der Waals surface area contributed by atoms with Crippen molar-refractivity contribution in [2.45, 2.75) is 47.0 Å². The molecule has 14 heavy (non-hydrogen) atoms. The Morgan fingerprint density at radius 3 is 1.93 bits per heavy atom. The Bertz CT molecular complexity index is 75.6. The van der Waals surface area contributed by atoms with Crippen molar-refractivity contribution in [3.8, 4) is 0 Å². The molecule has 0 aromatic heterocycles. The molecule has 0 radical (unpaired) electrons. The molecule has 1 fully saturated rings. The van der Waals surface area contributed by atoms with Gasteiger partial charge in [-0.05, 0) is 45.4 Å². The Morgan fingerprint density at radius 1 is 1.14 bits per heavy atom. The van der Waals surface area contributed by atoms with Gasteiger partial charge in [0.05, 0.1) is 0 Å². The summed E-state index contributed by atoms with van der Waals surface area (Å²) in [6.45, 7) is 11.9. The minimum absolute atomic E-state index is 0.927. The Labute approximate surface area is 90.9 Å². The molecule has 2 heteroatoms. The van der Waals surface area contributed by atoms with Gasteiger partial charge in [0.2, 0.25) is 0 Å². The molecule has 1 heterocycles. The van der Waals surface area contributed by atoms with E-state index in [1.807, 2.05) is 20.9 Å². The minimum Gasteiger partial charge on any atom is -0.319 e. The van der Waals surface area contributed by atoms with Gasteiger partial charge in [-0.25, -0.2) is 0 Å². The van der Waals surface area contributed by atoms with Gasteiger partial charge >= 0.3 is 0 Å². The number of hydrogen-bond donors (Lipinski definition) is 2. The fourth-order valence-corrected chi connectivity index (χ4v) is 1.37. The van der Waals surface area contributed by atoms with Crippen LogP contribution < -0.4 is 10.6 Å². The largest absolute Gasteiger partial charge is 0.319 e. The highest BCUT2D eigenvalue weighted by Crippen LogP contribution is 2.08. The number of rotatable bonds is 2. The van der Waals surface area contributed by atoms with Gasteiger partial charge in [0, 0.05) is 0 Å². The molecular weight excluding hydrogens is 172 g/mol. The average molecular weight is 202 g/mol. The summed E-state index contributed by atoms with van der Waals surface area (Å²) in [7, 11) is 2.03. The maximum absolute atomic E-state index is 3.35. The van der Waals surface area contributed by atoms with Gasteiger partial charge in [0.25, 0.3) is 0 Å². The summed E-state index contributed by atoms with van der Waals surface area (Å²) in [5.74, 6) is 0.927. The molecule has 0 unspecified atom stereocenters. The normalized spacial score (nSPS) is 16.1. The minimum atomic E-state index is 0.927. The van der Waals surface area contributed by atoms with E-state index in [0.717, 1.165) is 5.92 Å². The van der Waals surface area contributed by atoms with Crippen molar-refractivity contribution < 1.29 is 0 Å². The van der Waals surface area contributed by atoms with Crippen molar-refractivity contribution in [3.63, 3.8) is 0 Å². The van der Waals surface area contributed by atoms with Crippen LogP contribution in [0, 0.1) is 5.92 Å². The van der Waals surface area contributed by atoms with Gasteiger partial charge in [-0.2, -0.15) is 0 Å². The Morgan fingerprint density at radius 2 is 1.57 bits per heavy atom. The predicted octanol–water partition coefficient (Wildman–Crippen LogP) is 2.65. The van der Waals surface area contributed by atoms with E-state index in [4.69, 9.17) is 0 Å². The fraction of sp³-hybridized carbons (Fsp3) is 1.00. The molecule has 0 aromatic rings. The molecule has 1 rings (SSSR count). The van der Waals surface area contributed by atoms with Crippen LogP contribution in [0.15, 0.2) is 0 Å². The topological polar surface area (TPSA) is 24.1 Å². The zero-order valence-corrected chi connectivity index (χ0v) is 10.8. The van der Waals surface area contributed by atoms with Crippen LogP contribution in [0.1, 0.15) is 47.0 Å². The predicted molar refractivity (Wildman–Crippen MR) is 66.8 cm³/mol. The van der Waals surface area contributed by atoms with Crippen LogP contribution in [-0.4, -0.2) is 26.7 Å². The van der Waals surface area contributed by atoms with Gasteiger partial charge < -0.3 is 10.6 Å². The molecule has 2 nitrogen and oxygen atoms in total. The van der Waals surface area contributed by atoms with E-state index in [1.54, 1.807) is 0 Å². The Hall–Kier alpha value is -0.0800. The Balaban J connectivity index is 0. The first-order valence-electron chi connectivity index (χ1n) is 6.20. The Kier molecular flexibility index (Phi) is 18.0. The quantitative estimate of drug-likeness (QED) is 0.719. The molecule has 88 valence electrons. The lowest BCUT2D eigenvalue weighted by molar-refractivity contribution is 0.365. The van der Waals surface area contributed by atoms with Gasteiger partial charge in [0.15, 0.2) is 0 Å². The fourth-order valence-electron chi connectivity index (χ4n) is 1.37. The molecule has 2 N–H and O–H groups in total. The SMILES string of the molecule is CC.CCC.CNCC1CCNCC1. The van der Waals surface area contributed by atoms with Crippen LogP contribution >= 0.6 is 0 Å². The summed E-state index contributed by atoms with van der Waals surface area (Å²) in [5, 5.41) is 6.55. The summed E-state index contributed by atoms with van der Waals surface area (Å²) in [6, 6.07) is 0. The van der Waals surface area contributed by atoms with E-state index in [0.29, 0.717) is 0 Å². The average Bonchev–Trinajstić information content (AvgIpc) is 2.24. The van der Waals surface area contributed by atoms with Gasteiger partial charge in [-0.15, -0.1) is 0 Å². The molecule has 1 aliphatic rings.